The Hall–Kier alpha value is -1.94. The van der Waals surface area contributed by atoms with Crippen LogP contribution in [0.15, 0.2) is 42.5 Å². The number of thiocarbonyl (C=S) groups is 1. The van der Waals surface area contributed by atoms with Gasteiger partial charge in [-0.1, -0.05) is 30.4 Å². The van der Waals surface area contributed by atoms with E-state index >= 15 is 0 Å². The Morgan fingerprint density at radius 1 is 1.22 bits per heavy atom. The Kier molecular flexibility index (Phi) is 3.58. The summed E-state index contributed by atoms with van der Waals surface area (Å²) in [6.07, 6.45) is 0. The van der Waals surface area contributed by atoms with Crippen molar-refractivity contribution in [2.75, 3.05) is 5.32 Å². The summed E-state index contributed by atoms with van der Waals surface area (Å²) >= 11 is 4.88. The van der Waals surface area contributed by atoms with Crippen LogP contribution in [0.4, 0.5) is 15.8 Å². The molecule has 0 heterocycles. The van der Waals surface area contributed by atoms with E-state index in [1.54, 1.807) is 12.1 Å². The molecule has 0 aliphatic heterocycles. The van der Waals surface area contributed by atoms with Crippen LogP contribution in [-0.2, 0) is 0 Å². The second-order valence-corrected chi connectivity index (χ2v) is 4.46. The van der Waals surface area contributed by atoms with E-state index in [-0.39, 0.29) is 10.6 Å². The Morgan fingerprint density at radius 2 is 1.94 bits per heavy atom. The topological polar surface area (TPSA) is 38.0 Å². The predicted octanol–water partition coefficient (Wildman–Crippen LogP) is 3.51. The molecule has 0 bridgehead atoms. The van der Waals surface area contributed by atoms with E-state index in [4.69, 9.17) is 18.0 Å². The molecule has 0 unspecified atom stereocenters. The molecular weight excluding hydrogens is 247 g/mol. The first-order chi connectivity index (χ1) is 8.58. The maximum absolute atomic E-state index is 13.7. The van der Waals surface area contributed by atoms with Gasteiger partial charge in [0.2, 0.25) is 0 Å². The standard InChI is InChI=1S/C14H13FN2S/c1-9-4-2-5-10(8-9)17-12-7-3-6-11(15)13(12)14(16)18/h2-8,17H,1H3,(H2,16,18). The molecule has 4 heteroatoms. The molecule has 0 saturated carbocycles. The molecule has 0 radical (unpaired) electrons. The third kappa shape index (κ3) is 2.65. The van der Waals surface area contributed by atoms with Crippen molar-refractivity contribution in [2.45, 2.75) is 6.92 Å². The van der Waals surface area contributed by atoms with Gasteiger partial charge in [0.05, 0.1) is 11.3 Å². The zero-order chi connectivity index (χ0) is 13.1. The highest BCUT2D eigenvalue weighted by molar-refractivity contribution is 7.80. The van der Waals surface area contributed by atoms with Crippen molar-refractivity contribution in [2.24, 2.45) is 5.73 Å². The first-order valence-electron chi connectivity index (χ1n) is 5.50. The zero-order valence-electron chi connectivity index (χ0n) is 9.91. The van der Waals surface area contributed by atoms with Crippen molar-refractivity contribution < 1.29 is 4.39 Å². The van der Waals surface area contributed by atoms with Crippen LogP contribution in [0.25, 0.3) is 0 Å². The van der Waals surface area contributed by atoms with Gasteiger partial charge in [-0.3, -0.25) is 0 Å². The number of halogens is 1. The third-order valence-corrected chi connectivity index (χ3v) is 2.76. The first kappa shape index (κ1) is 12.5. The van der Waals surface area contributed by atoms with Gasteiger partial charge in [-0.15, -0.1) is 0 Å². The van der Waals surface area contributed by atoms with Crippen LogP contribution in [0.2, 0.25) is 0 Å². The Bertz CT molecular complexity index is 596. The molecule has 2 nitrogen and oxygen atoms in total. The lowest BCUT2D eigenvalue weighted by molar-refractivity contribution is 0.626. The van der Waals surface area contributed by atoms with E-state index in [0.29, 0.717) is 5.69 Å². The summed E-state index contributed by atoms with van der Waals surface area (Å²) in [7, 11) is 0. The molecule has 3 N–H and O–H groups in total. The van der Waals surface area contributed by atoms with Crippen molar-refractivity contribution in [3.8, 4) is 0 Å². The highest BCUT2D eigenvalue weighted by Crippen LogP contribution is 2.23. The van der Waals surface area contributed by atoms with E-state index < -0.39 is 5.82 Å². The highest BCUT2D eigenvalue weighted by atomic mass is 32.1. The van der Waals surface area contributed by atoms with Gasteiger partial charge in [0, 0.05) is 5.69 Å². The van der Waals surface area contributed by atoms with Crippen LogP contribution in [-0.4, -0.2) is 4.99 Å². The van der Waals surface area contributed by atoms with E-state index in [0.717, 1.165) is 11.3 Å². The maximum Gasteiger partial charge on any atom is 0.135 e. The molecule has 92 valence electrons. The Labute approximate surface area is 111 Å². The normalized spacial score (nSPS) is 10.1. The van der Waals surface area contributed by atoms with Gasteiger partial charge in [0.15, 0.2) is 0 Å². The molecule has 0 saturated heterocycles. The van der Waals surface area contributed by atoms with Crippen LogP contribution in [0.5, 0.6) is 0 Å². The fourth-order valence-corrected chi connectivity index (χ4v) is 1.96. The van der Waals surface area contributed by atoms with Gasteiger partial charge < -0.3 is 11.1 Å². The first-order valence-corrected chi connectivity index (χ1v) is 5.91. The SMILES string of the molecule is Cc1cccc(Nc2cccc(F)c2C(N)=S)c1. The lowest BCUT2D eigenvalue weighted by Crippen LogP contribution is -2.14. The summed E-state index contributed by atoms with van der Waals surface area (Å²) < 4.78 is 13.7. The molecule has 0 atom stereocenters. The largest absolute Gasteiger partial charge is 0.389 e. The number of aryl methyl sites for hydroxylation is 1. The predicted molar refractivity (Wildman–Crippen MR) is 76.7 cm³/mol. The third-order valence-electron chi connectivity index (χ3n) is 2.56. The molecule has 18 heavy (non-hydrogen) atoms. The van der Waals surface area contributed by atoms with E-state index in [1.165, 1.54) is 6.07 Å². The molecule has 0 spiro atoms. The molecule has 0 amide bonds. The number of hydrogen-bond donors (Lipinski definition) is 2. The van der Waals surface area contributed by atoms with Crippen LogP contribution in [0.1, 0.15) is 11.1 Å². The monoisotopic (exact) mass is 260 g/mol. The summed E-state index contributed by atoms with van der Waals surface area (Å²) in [5.74, 6) is -0.417. The molecule has 0 aliphatic carbocycles. The molecule has 0 aromatic heterocycles. The van der Waals surface area contributed by atoms with Crippen LogP contribution < -0.4 is 11.1 Å². The van der Waals surface area contributed by atoms with Crippen molar-refractivity contribution >= 4 is 28.6 Å². The van der Waals surface area contributed by atoms with Gasteiger partial charge in [-0.25, -0.2) is 4.39 Å². The molecule has 2 aromatic carbocycles. The number of hydrogen-bond acceptors (Lipinski definition) is 2. The fourth-order valence-electron chi connectivity index (χ4n) is 1.76. The van der Waals surface area contributed by atoms with Gasteiger partial charge in [0.25, 0.3) is 0 Å². The minimum Gasteiger partial charge on any atom is -0.389 e. The molecule has 0 aliphatic rings. The average molecular weight is 260 g/mol. The summed E-state index contributed by atoms with van der Waals surface area (Å²) in [5, 5.41) is 3.13. The zero-order valence-corrected chi connectivity index (χ0v) is 10.7. The van der Waals surface area contributed by atoms with Gasteiger partial charge in [0.1, 0.15) is 10.8 Å². The molecule has 2 rings (SSSR count). The Morgan fingerprint density at radius 3 is 2.61 bits per heavy atom. The van der Waals surface area contributed by atoms with Crippen molar-refractivity contribution in [3.63, 3.8) is 0 Å². The van der Waals surface area contributed by atoms with E-state index in [9.17, 15) is 4.39 Å². The summed E-state index contributed by atoms with van der Waals surface area (Å²) in [6.45, 7) is 1.99. The molecule has 2 aromatic rings. The minimum absolute atomic E-state index is 0.0447. The second kappa shape index (κ2) is 5.14. The maximum atomic E-state index is 13.7. The number of benzene rings is 2. The van der Waals surface area contributed by atoms with Gasteiger partial charge in [-0.2, -0.15) is 0 Å². The number of nitrogens with one attached hydrogen (secondary N) is 1. The van der Waals surface area contributed by atoms with Gasteiger partial charge in [-0.05, 0) is 36.8 Å². The second-order valence-electron chi connectivity index (χ2n) is 4.02. The van der Waals surface area contributed by atoms with Crippen LogP contribution >= 0.6 is 12.2 Å². The number of rotatable bonds is 3. The lowest BCUT2D eigenvalue weighted by atomic mass is 10.1. The van der Waals surface area contributed by atoms with Crippen molar-refractivity contribution in [1.82, 2.24) is 0 Å². The number of anilines is 2. The minimum atomic E-state index is -0.417. The van der Waals surface area contributed by atoms with Crippen LogP contribution in [0.3, 0.4) is 0 Å². The lowest BCUT2D eigenvalue weighted by Gasteiger charge is -2.12. The molecular formula is C14H13FN2S. The average Bonchev–Trinajstić information content (AvgIpc) is 2.28. The van der Waals surface area contributed by atoms with Gasteiger partial charge >= 0.3 is 0 Å². The molecule has 0 fully saturated rings. The highest BCUT2D eigenvalue weighted by Gasteiger charge is 2.10. The van der Waals surface area contributed by atoms with Crippen LogP contribution in [0, 0.1) is 12.7 Å². The fraction of sp³-hybridized carbons (Fsp3) is 0.0714. The summed E-state index contributed by atoms with van der Waals surface area (Å²) in [6, 6.07) is 12.5. The summed E-state index contributed by atoms with van der Waals surface area (Å²) in [4.78, 5) is 0.0447. The van der Waals surface area contributed by atoms with E-state index in [2.05, 4.69) is 5.32 Å². The summed E-state index contributed by atoms with van der Waals surface area (Å²) in [5.41, 5.74) is 8.36. The smallest absolute Gasteiger partial charge is 0.135 e. The number of nitrogens with two attached hydrogens (primary N) is 1. The van der Waals surface area contributed by atoms with Crippen molar-refractivity contribution in [1.29, 1.82) is 0 Å². The quantitative estimate of drug-likeness (QED) is 0.829. The van der Waals surface area contributed by atoms with Crippen molar-refractivity contribution in [3.05, 3.63) is 59.4 Å². The van der Waals surface area contributed by atoms with E-state index in [1.807, 2.05) is 31.2 Å². The Balaban J connectivity index is 2.40.